The van der Waals surface area contributed by atoms with Crippen LogP contribution in [0.15, 0.2) is 24.5 Å². The zero-order valence-corrected chi connectivity index (χ0v) is 12.9. The molecule has 0 saturated carbocycles. The average Bonchev–Trinajstić information content (AvgIpc) is 2.90. The molecule has 1 aromatic heterocycles. The molecular formula is C16H22N4O. The fourth-order valence-electron chi connectivity index (χ4n) is 2.87. The lowest BCUT2D eigenvalue weighted by Gasteiger charge is -2.35. The second-order valence-corrected chi connectivity index (χ2v) is 5.66. The minimum absolute atomic E-state index is 0.172. The molecule has 0 bridgehead atoms. The van der Waals surface area contributed by atoms with Gasteiger partial charge >= 0.3 is 0 Å². The Morgan fingerprint density at radius 2 is 2.19 bits per heavy atom. The zero-order valence-electron chi connectivity index (χ0n) is 12.9. The van der Waals surface area contributed by atoms with E-state index in [9.17, 15) is 0 Å². The molecule has 0 amide bonds. The lowest BCUT2D eigenvalue weighted by molar-refractivity contribution is -0.0172. The second kappa shape index (κ2) is 5.95. The smallest absolute Gasteiger partial charge is 0.146 e. The van der Waals surface area contributed by atoms with Crippen LogP contribution in [0.3, 0.4) is 0 Å². The zero-order chi connectivity index (χ0) is 14.8. The van der Waals surface area contributed by atoms with Gasteiger partial charge in [0.05, 0.1) is 19.3 Å². The number of nitrogens with zero attached hydrogens (tertiary/aromatic N) is 4. The maximum Gasteiger partial charge on any atom is 0.146 e. The van der Waals surface area contributed by atoms with Crippen LogP contribution in [0.4, 0.5) is 0 Å². The van der Waals surface area contributed by atoms with E-state index < -0.39 is 0 Å². The quantitative estimate of drug-likeness (QED) is 0.865. The summed E-state index contributed by atoms with van der Waals surface area (Å²) in [6.07, 6.45) is 1.61. The summed E-state index contributed by atoms with van der Waals surface area (Å²) >= 11 is 0. The van der Waals surface area contributed by atoms with Crippen molar-refractivity contribution < 1.29 is 4.74 Å². The molecule has 21 heavy (non-hydrogen) atoms. The van der Waals surface area contributed by atoms with Gasteiger partial charge in [-0.2, -0.15) is 5.10 Å². The van der Waals surface area contributed by atoms with Gasteiger partial charge in [0.2, 0.25) is 0 Å². The third-order valence-electron chi connectivity index (χ3n) is 4.37. The van der Waals surface area contributed by atoms with E-state index in [2.05, 4.69) is 47.0 Å². The van der Waals surface area contributed by atoms with E-state index in [1.54, 1.807) is 6.33 Å². The summed E-state index contributed by atoms with van der Waals surface area (Å²) in [6, 6.07) is 6.69. The summed E-state index contributed by atoms with van der Waals surface area (Å²) in [5, 5.41) is 4.19. The summed E-state index contributed by atoms with van der Waals surface area (Å²) in [5.41, 5.74) is 4.10. The van der Waals surface area contributed by atoms with Gasteiger partial charge in [-0.15, -0.1) is 0 Å². The molecule has 112 valence electrons. The standard InChI is InChI=1S/C16H22N4O/c1-12-5-4-6-14(13(12)2)9-20-7-8-21-10-15(20)16-17-11-18-19(16)3/h4-6,11,15H,7-10H2,1-3H3/t15-/m1/s1. The average molecular weight is 286 g/mol. The Bertz CT molecular complexity index is 622. The molecule has 0 unspecified atom stereocenters. The summed E-state index contributed by atoms with van der Waals surface area (Å²) < 4.78 is 7.50. The van der Waals surface area contributed by atoms with Crippen molar-refractivity contribution in [2.24, 2.45) is 7.05 Å². The van der Waals surface area contributed by atoms with E-state index in [4.69, 9.17) is 4.74 Å². The number of benzene rings is 1. The van der Waals surface area contributed by atoms with E-state index in [1.165, 1.54) is 16.7 Å². The van der Waals surface area contributed by atoms with Gasteiger partial charge in [0, 0.05) is 20.1 Å². The monoisotopic (exact) mass is 286 g/mol. The van der Waals surface area contributed by atoms with Crippen LogP contribution in [0.5, 0.6) is 0 Å². The predicted molar refractivity (Wildman–Crippen MR) is 80.9 cm³/mol. The first-order valence-corrected chi connectivity index (χ1v) is 7.37. The van der Waals surface area contributed by atoms with Crippen LogP contribution in [0, 0.1) is 13.8 Å². The van der Waals surface area contributed by atoms with Gasteiger partial charge in [-0.1, -0.05) is 18.2 Å². The Hall–Kier alpha value is -1.72. The number of ether oxygens (including phenoxy) is 1. The van der Waals surface area contributed by atoms with E-state index >= 15 is 0 Å². The van der Waals surface area contributed by atoms with Crippen molar-refractivity contribution in [1.29, 1.82) is 0 Å². The molecule has 0 radical (unpaired) electrons. The van der Waals surface area contributed by atoms with Gasteiger partial charge in [-0.25, -0.2) is 4.98 Å². The molecule has 2 heterocycles. The Morgan fingerprint density at radius 1 is 1.33 bits per heavy atom. The molecule has 1 aliphatic heterocycles. The molecule has 0 spiro atoms. The molecule has 1 fully saturated rings. The van der Waals surface area contributed by atoms with E-state index in [0.717, 1.165) is 25.5 Å². The third kappa shape index (κ3) is 2.84. The fourth-order valence-corrected chi connectivity index (χ4v) is 2.87. The molecule has 0 aliphatic carbocycles. The maximum absolute atomic E-state index is 5.66. The number of rotatable bonds is 3. The molecule has 1 saturated heterocycles. The molecule has 1 aromatic carbocycles. The topological polar surface area (TPSA) is 43.2 Å². The van der Waals surface area contributed by atoms with E-state index in [1.807, 2.05) is 11.7 Å². The van der Waals surface area contributed by atoms with E-state index in [0.29, 0.717) is 6.61 Å². The van der Waals surface area contributed by atoms with Crippen molar-refractivity contribution in [2.75, 3.05) is 19.8 Å². The minimum Gasteiger partial charge on any atom is -0.378 e. The highest BCUT2D eigenvalue weighted by Gasteiger charge is 2.28. The lowest BCUT2D eigenvalue weighted by Crippen LogP contribution is -2.40. The van der Waals surface area contributed by atoms with Crippen molar-refractivity contribution in [2.45, 2.75) is 26.4 Å². The Kier molecular flexibility index (Phi) is 4.03. The summed E-state index contributed by atoms with van der Waals surface area (Å²) in [4.78, 5) is 6.84. The molecule has 1 atom stereocenters. The number of aromatic nitrogens is 3. The second-order valence-electron chi connectivity index (χ2n) is 5.66. The molecular weight excluding hydrogens is 264 g/mol. The molecule has 5 nitrogen and oxygen atoms in total. The summed E-state index contributed by atoms with van der Waals surface area (Å²) in [5.74, 6) is 0.972. The highest BCUT2D eigenvalue weighted by molar-refractivity contribution is 5.33. The van der Waals surface area contributed by atoms with Crippen molar-refractivity contribution in [1.82, 2.24) is 19.7 Å². The van der Waals surface area contributed by atoms with Crippen molar-refractivity contribution in [3.05, 3.63) is 47.0 Å². The minimum atomic E-state index is 0.172. The maximum atomic E-state index is 5.66. The Labute approximate surface area is 125 Å². The summed E-state index contributed by atoms with van der Waals surface area (Å²) in [7, 11) is 1.94. The van der Waals surface area contributed by atoms with Crippen LogP contribution in [0.2, 0.25) is 0 Å². The predicted octanol–water partition coefficient (Wildman–Crippen LogP) is 2.01. The lowest BCUT2D eigenvalue weighted by atomic mass is 10.0. The SMILES string of the molecule is Cc1cccc(CN2CCOC[C@@H]2c2ncnn2C)c1C. The van der Waals surface area contributed by atoms with Gasteiger partial charge in [0.25, 0.3) is 0 Å². The van der Waals surface area contributed by atoms with Crippen LogP contribution < -0.4 is 0 Å². The van der Waals surface area contributed by atoms with Gasteiger partial charge in [0.15, 0.2) is 0 Å². The normalized spacial score (nSPS) is 19.9. The number of aryl methyl sites for hydroxylation is 2. The van der Waals surface area contributed by atoms with Crippen LogP contribution in [-0.4, -0.2) is 39.4 Å². The van der Waals surface area contributed by atoms with Crippen molar-refractivity contribution >= 4 is 0 Å². The van der Waals surface area contributed by atoms with Crippen molar-refractivity contribution in [3.8, 4) is 0 Å². The van der Waals surface area contributed by atoms with Crippen LogP contribution in [0.1, 0.15) is 28.6 Å². The molecule has 5 heteroatoms. The van der Waals surface area contributed by atoms with Gasteiger partial charge in [0.1, 0.15) is 12.2 Å². The molecule has 3 rings (SSSR count). The van der Waals surface area contributed by atoms with Gasteiger partial charge in [-0.05, 0) is 30.5 Å². The van der Waals surface area contributed by atoms with Gasteiger partial charge < -0.3 is 4.74 Å². The number of morpholine rings is 1. The largest absolute Gasteiger partial charge is 0.378 e. The first-order valence-electron chi connectivity index (χ1n) is 7.37. The summed E-state index contributed by atoms with van der Waals surface area (Å²) in [6.45, 7) is 7.66. The highest BCUT2D eigenvalue weighted by Crippen LogP contribution is 2.25. The first-order chi connectivity index (χ1) is 10.2. The number of hydrogen-bond donors (Lipinski definition) is 0. The Balaban J connectivity index is 1.85. The van der Waals surface area contributed by atoms with Crippen LogP contribution in [0.25, 0.3) is 0 Å². The molecule has 2 aromatic rings. The highest BCUT2D eigenvalue weighted by atomic mass is 16.5. The fraction of sp³-hybridized carbons (Fsp3) is 0.500. The molecule has 1 aliphatic rings. The molecule has 0 N–H and O–H groups in total. The van der Waals surface area contributed by atoms with Crippen molar-refractivity contribution in [3.63, 3.8) is 0 Å². The van der Waals surface area contributed by atoms with Gasteiger partial charge in [-0.3, -0.25) is 9.58 Å². The van der Waals surface area contributed by atoms with Crippen LogP contribution >= 0.6 is 0 Å². The third-order valence-corrected chi connectivity index (χ3v) is 4.37. The first kappa shape index (κ1) is 14.2. The Morgan fingerprint density at radius 3 is 2.95 bits per heavy atom. The van der Waals surface area contributed by atoms with E-state index in [-0.39, 0.29) is 6.04 Å². The number of hydrogen-bond acceptors (Lipinski definition) is 4. The van der Waals surface area contributed by atoms with Crippen LogP contribution in [-0.2, 0) is 18.3 Å².